The lowest BCUT2D eigenvalue weighted by atomic mass is 10.3. The molecule has 1 aliphatic carbocycles. The molecular weight excluding hydrogens is 200 g/mol. The van der Waals surface area contributed by atoms with Crippen molar-refractivity contribution in [1.82, 2.24) is 4.98 Å². The van der Waals surface area contributed by atoms with Crippen LogP contribution in [-0.4, -0.2) is 24.7 Å². The van der Waals surface area contributed by atoms with Crippen LogP contribution >= 0.6 is 0 Å². The minimum atomic E-state index is 0.856. The summed E-state index contributed by atoms with van der Waals surface area (Å²) >= 11 is 0. The van der Waals surface area contributed by atoms with Gasteiger partial charge in [0.15, 0.2) is 0 Å². The molecule has 0 spiro atoms. The van der Waals surface area contributed by atoms with Gasteiger partial charge in [-0.2, -0.15) is 0 Å². The normalized spacial score (nSPS) is 15.1. The lowest BCUT2D eigenvalue weighted by molar-refractivity contribution is 0.124. The zero-order valence-electron chi connectivity index (χ0n) is 9.91. The minimum absolute atomic E-state index is 0.856. The molecule has 0 saturated heterocycles. The van der Waals surface area contributed by atoms with Crippen LogP contribution in [-0.2, 0) is 4.74 Å². The molecule has 0 bridgehead atoms. The number of ether oxygens (including phenoxy) is 1. The molecule has 0 aromatic carbocycles. The second kappa shape index (κ2) is 5.85. The third-order valence-corrected chi connectivity index (χ3v) is 2.71. The van der Waals surface area contributed by atoms with Crippen LogP contribution in [0.2, 0.25) is 0 Å². The Morgan fingerprint density at radius 3 is 3.06 bits per heavy atom. The van der Waals surface area contributed by atoms with Crippen molar-refractivity contribution in [2.45, 2.75) is 26.2 Å². The Morgan fingerprint density at radius 2 is 2.31 bits per heavy atom. The Labute approximate surface area is 97.2 Å². The standard InChI is InChI=1S/C13H20N2O/c1-11-4-2-5-13(15-11)14-8-3-9-16-10-12-6-7-12/h2,4-5,12H,3,6-10H2,1H3,(H,14,15). The summed E-state index contributed by atoms with van der Waals surface area (Å²) in [4.78, 5) is 4.38. The average molecular weight is 220 g/mol. The van der Waals surface area contributed by atoms with Crippen LogP contribution < -0.4 is 5.32 Å². The van der Waals surface area contributed by atoms with Gasteiger partial charge in [-0.1, -0.05) is 6.07 Å². The zero-order chi connectivity index (χ0) is 11.2. The molecule has 1 aliphatic rings. The van der Waals surface area contributed by atoms with E-state index in [0.29, 0.717) is 0 Å². The van der Waals surface area contributed by atoms with Crippen LogP contribution in [0.5, 0.6) is 0 Å². The number of rotatable bonds is 7. The van der Waals surface area contributed by atoms with Crippen molar-refractivity contribution >= 4 is 5.82 Å². The first-order valence-corrected chi connectivity index (χ1v) is 6.10. The van der Waals surface area contributed by atoms with Gasteiger partial charge in [-0.3, -0.25) is 0 Å². The summed E-state index contributed by atoms with van der Waals surface area (Å²) in [6, 6.07) is 6.02. The molecule has 0 unspecified atom stereocenters. The van der Waals surface area contributed by atoms with Gasteiger partial charge in [0.05, 0.1) is 0 Å². The smallest absolute Gasteiger partial charge is 0.126 e. The van der Waals surface area contributed by atoms with Gasteiger partial charge in [0, 0.05) is 25.5 Å². The number of hydrogen-bond donors (Lipinski definition) is 1. The van der Waals surface area contributed by atoms with Gasteiger partial charge in [0.1, 0.15) is 5.82 Å². The van der Waals surface area contributed by atoms with E-state index >= 15 is 0 Å². The van der Waals surface area contributed by atoms with E-state index in [2.05, 4.69) is 10.3 Å². The zero-order valence-corrected chi connectivity index (χ0v) is 9.91. The predicted molar refractivity (Wildman–Crippen MR) is 65.6 cm³/mol. The highest BCUT2D eigenvalue weighted by atomic mass is 16.5. The molecule has 2 rings (SSSR count). The summed E-state index contributed by atoms with van der Waals surface area (Å²) in [5.41, 5.74) is 1.05. The molecule has 3 nitrogen and oxygen atoms in total. The Kier molecular flexibility index (Phi) is 4.17. The van der Waals surface area contributed by atoms with Crippen molar-refractivity contribution in [3.63, 3.8) is 0 Å². The maximum atomic E-state index is 5.56. The third kappa shape index (κ3) is 4.19. The molecule has 0 aliphatic heterocycles. The Bertz CT molecular complexity index is 323. The Hall–Kier alpha value is -1.09. The molecule has 88 valence electrons. The number of pyridine rings is 1. The van der Waals surface area contributed by atoms with Crippen LogP contribution in [0.15, 0.2) is 18.2 Å². The summed E-state index contributed by atoms with van der Waals surface area (Å²) in [6.45, 7) is 4.75. The van der Waals surface area contributed by atoms with E-state index in [4.69, 9.17) is 4.74 Å². The van der Waals surface area contributed by atoms with Crippen LogP contribution in [0.1, 0.15) is 25.0 Å². The second-order valence-corrected chi connectivity index (χ2v) is 4.46. The first-order valence-electron chi connectivity index (χ1n) is 6.10. The van der Waals surface area contributed by atoms with E-state index in [1.807, 2.05) is 25.1 Å². The maximum absolute atomic E-state index is 5.56. The fourth-order valence-corrected chi connectivity index (χ4v) is 1.57. The van der Waals surface area contributed by atoms with E-state index in [-0.39, 0.29) is 0 Å². The van der Waals surface area contributed by atoms with Gasteiger partial charge in [0.2, 0.25) is 0 Å². The van der Waals surface area contributed by atoms with E-state index in [9.17, 15) is 0 Å². The average Bonchev–Trinajstić information content (AvgIpc) is 3.07. The molecule has 3 heteroatoms. The van der Waals surface area contributed by atoms with E-state index in [1.54, 1.807) is 0 Å². The molecule has 0 amide bonds. The summed E-state index contributed by atoms with van der Waals surface area (Å²) in [5, 5.41) is 3.30. The first-order chi connectivity index (χ1) is 7.84. The molecule has 0 radical (unpaired) electrons. The number of nitrogens with zero attached hydrogens (tertiary/aromatic N) is 1. The third-order valence-electron chi connectivity index (χ3n) is 2.71. The van der Waals surface area contributed by atoms with Crippen LogP contribution in [0.25, 0.3) is 0 Å². The number of nitrogens with one attached hydrogen (secondary N) is 1. The molecule has 0 atom stereocenters. The molecule has 1 saturated carbocycles. The molecule has 16 heavy (non-hydrogen) atoms. The van der Waals surface area contributed by atoms with Gasteiger partial charge in [-0.15, -0.1) is 0 Å². The van der Waals surface area contributed by atoms with Crippen molar-refractivity contribution in [2.75, 3.05) is 25.1 Å². The molecule has 1 heterocycles. The molecule has 1 N–H and O–H groups in total. The van der Waals surface area contributed by atoms with Crippen LogP contribution in [0, 0.1) is 12.8 Å². The second-order valence-electron chi connectivity index (χ2n) is 4.46. The maximum Gasteiger partial charge on any atom is 0.126 e. The van der Waals surface area contributed by atoms with Gasteiger partial charge in [0.25, 0.3) is 0 Å². The Morgan fingerprint density at radius 1 is 1.44 bits per heavy atom. The fourth-order valence-electron chi connectivity index (χ4n) is 1.57. The number of aromatic nitrogens is 1. The van der Waals surface area contributed by atoms with Crippen molar-refractivity contribution in [3.8, 4) is 0 Å². The summed E-state index contributed by atoms with van der Waals surface area (Å²) < 4.78 is 5.56. The van der Waals surface area contributed by atoms with Gasteiger partial charge < -0.3 is 10.1 Å². The summed E-state index contributed by atoms with van der Waals surface area (Å²) in [5.74, 6) is 1.83. The van der Waals surface area contributed by atoms with Crippen LogP contribution in [0.3, 0.4) is 0 Å². The van der Waals surface area contributed by atoms with E-state index in [0.717, 1.165) is 43.6 Å². The van der Waals surface area contributed by atoms with Crippen LogP contribution in [0.4, 0.5) is 5.82 Å². The highest BCUT2D eigenvalue weighted by Crippen LogP contribution is 2.28. The van der Waals surface area contributed by atoms with Crippen molar-refractivity contribution in [3.05, 3.63) is 23.9 Å². The molecule has 1 aromatic heterocycles. The van der Waals surface area contributed by atoms with Crippen molar-refractivity contribution in [2.24, 2.45) is 5.92 Å². The number of hydrogen-bond acceptors (Lipinski definition) is 3. The molecular formula is C13H20N2O. The number of anilines is 1. The topological polar surface area (TPSA) is 34.1 Å². The summed E-state index contributed by atoms with van der Waals surface area (Å²) in [6.07, 6.45) is 3.78. The van der Waals surface area contributed by atoms with Gasteiger partial charge >= 0.3 is 0 Å². The van der Waals surface area contributed by atoms with Gasteiger partial charge in [-0.05, 0) is 44.2 Å². The first kappa shape index (κ1) is 11.4. The van der Waals surface area contributed by atoms with E-state index < -0.39 is 0 Å². The molecule has 1 fully saturated rings. The van der Waals surface area contributed by atoms with Crippen molar-refractivity contribution in [1.29, 1.82) is 0 Å². The fraction of sp³-hybridized carbons (Fsp3) is 0.615. The number of aryl methyl sites for hydroxylation is 1. The van der Waals surface area contributed by atoms with E-state index in [1.165, 1.54) is 12.8 Å². The summed E-state index contributed by atoms with van der Waals surface area (Å²) in [7, 11) is 0. The van der Waals surface area contributed by atoms with Gasteiger partial charge in [-0.25, -0.2) is 4.98 Å². The van der Waals surface area contributed by atoms with Crippen molar-refractivity contribution < 1.29 is 4.74 Å². The lowest BCUT2D eigenvalue weighted by Gasteiger charge is -2.06. The quantitative estimate of drug-likeness (QED) is 0.717. The lowest BCUT2D eigenvalue weighted by Crippen LogP contribution is -2.08. The monoisotopic (exact) mass is 220 g/mol. The predicted octanol–water partition coefficient (Wildman–Crippen LogP) is 2.62. The highest BCUT2D eigenvalue weighted by molar-refractivity contribution is 5.34. The SMILES string of the molecule is Cc1cccc(NCCCOCC2CC2)n1. The minimum Gasteiger partial charge on any atom is -0.381 e. The highest BCUT2D eigenvalue weighted by Gasteiger charge is 2.20. The Balaban J connectivity index is 1.53. The molecule has 1 aromatic rings. The largest absolute Gasteiger partial charge is 0.381 e.